The average Bonchev–Trinajstić information content (AvgIpc) is 3.01. The van der Waals surface area contributed by atoms with E-state index in [1.807, 2.05) is 22.6 Å². The van der Waals surface area contributed by atoms with Gasteiger partial charge in [0.05, 0.1) is 20.8 Å². The van der Waals surface area contributed by atoms with Gasteiger partial charge in [-0.05, 0) is 39.3 Å². The lowest BCUT2D eigenvalue weighted by Crippen LogP contribution is -2.27. The molecular formula is C15H8BrIN2O5S. The number of amides is 2. The summed E-state index contributed by atoms with van der Waals surface area (Å²) in [6.07, 6.45) is 1.52. The molecule has 1 aromatic heterocycles. The van der Waals surface area contributed by atoms with Crippen LogP contribution in [0.3, 0.4) is 0 Å². The van der Waals surface area contributed by atoms with Crippen molar-refractivity contribution in [2.75, 3.05) is 0 Å². The number of thioether (sulfide) groups is 1. The lowest BCUT2D eigenvalue weighted by Gasteiger charge is -2.12. The zero-order chi connectivity index (χ0) is 18.1. The molecule has 1 saturated heterocycles. The van der Waals surface area contributed by atoms with Crippen molar-refractivity contribution in [2.45, 2.75) is 6.54 Å². The number of hydrogen-bond acceptors (Lipinski definition) is 6. The highest BCUT2D eigenvalue weighted by molar-refractivity contribution is 14.1. The van der Waals surface area contributed by atoms with Gasteiger partial charge in [0.1, 0.15) is 5.76 Å². The molecule has 3 rings (SSSR count). The third-order valence-electron chi connectivity index (χ3n) is 3.30. The van der Waals surface area contributed by atoms with Crippen LogP contribution in [-0.2, 0) is 11.3 Å². The maximum absolute atomic E-state index is 12.4. The van der Waals surface area contributed by atoms with Crippen LogP contribution in [-0.4, -0.2) is 21.0 Å². The van der Waals surface area contributed by atoms with Crippen molar-refractivity contribution in [2.24, 2.45) is 0 Å². The van der Waals surface area contributed by atoms with Crippen molar-refractivity contribution in [1.82, 2.24) is 4.90 Å². The number of imide groups is 1. The largest absolute Gasteiger partial charge is 0.450 e. The van der Waals surface area contributed by atoms with Crippen LogP contribution in [0.25, 0.3) is 6.08 Å². The molecule has 0 unspecified atom stereocenters. The Morgan fingerprint density at radius 2 is 2.00 bits per heavy atom. The van der Waals surface area contributed by atoms with Gasteiger partial charge in [-0.2, -0.15) is 0 Å². The zero-order valence-corrected chi connectivity index (χ0v) is 16.8. The van der Waals surface area contributed by atoms with Gasteiger partial charge in [-0.1, -0.05) is 12.1 Å². The van der Waals surface area contributed by atoms with Gasteiger partial charge in [0.2, 0.25) is 0 Å². The van der Waals surface area contributed by atoms with Crippen LogP contribution in [0.15, 0.2) is 44.1 Å². The first-order chi connectivity index (χ1) is 11.8. The molecule has 0 bridgehead atoms. The molecule has 2 amide bonds. The van der Waals surface area contributed by atoms with Crippen molar-refractivity contribution < 1.29 is 18.9 Å². The third kappa shape index (κ3) is 3.96. The maximum Gasteiger partial charge on any atom is 0.293 e. The second-order valence-corrected chi connectivity index (χ2v) is 7.79. The van der Waals surface area contributed by atoms with Crippen molar-refractivity contribution in [3.05, 3.63) is 64.9 Å². The standard InChI is InChI=1S/C15H8BrIN2O5S/c16-11-5-10(24-13(11)17)6-12-14(20)18(15(21)25-12)7-8-1-3-9(4-2-8)19(22)23/h1-6H,7H2. The Bertz CT molecular complexity index is 890. The first kappa shape index (κ1) is 18.1. The summed E-state index contributed by atoms with van der Waals surface area (Å²) < 4.78 is 6.87. The van der Waals surface area contributed by atoms with Crippen LogP contribution in [0.4, 0.5) is 10.5 Å². The Hall–Kier alpha value is -1.66. The van der Waals surface area contributed by atoms with E-state index >= 15 is 0 Å². The van der Waals surface area contributed by atoms with E-state index in [-0.39, 0.29) is 17.1 Å². The summed E-state index contributed by atoms with van der Waals surface area (Å²) in [5.41, 5.74) is 0.584. The Labute approximate surface area is 167 Å². The minimum absolute atomic E-state index is 0.0456. The molecule has 0 spiro atoms. The van der Waals surface area contributed by atoms with Crippen molar-refractivity contribution in [3.63, 3.8) is 0 Å². The van der Waals surface area contributed by atoms with E-state index in [0.717, 1.165) is 21.1 Å². The normalized spacial score (nSPS) is 16.1. The van der Waals surface area contributed by atoms with E-state index < -0.39 is 16.1 Å². The van der Waals surface area contributed by atoms with Gasteiger partial charge in [-0.25, -0.2) is 0 Å². The summed E-state index contributed by atoms with van der Waals surface area (Å²) in [7, 11) is 0. The van der Waals surface area contributed by atoms with E-state index in [1.54, 1.807) is 6.07 Å². The molecule has 1 aliphatic heterocycles. The van der Waals surface area contributed by atoms with Crippen LogP contribution >= 0.6 is 50.3 Å². The zero-order valence-electron chi connectivity index (χ0n) is 12.3. The Kier molecular flexibility index (Phi) is 5.29. The highest BCUT2D eigenvalue weighted by Crippen LogP contribution is 2.34. The molecule has 10 heteroatoms. The molecule has 0 atom stereocenters. The SMILES string of the molecule is O=C1SC(=Cc2cc(Br)c(I)o2)C(=O)N1Cc1ccc([N+](=O)[O-])cc1. The number of hydrogen-bond donors (Lipinski definition) is 0. The van der Waals surface area contributed by atoms with Gasteiger partial charge < -0.3 is 4.42 Å². The number of rotatable bonds is 4. The number of furan rings is 1. The Morgan fingerprint density at radius 1 is 1.32 bits per heavy atom. The fraction of sp³-hybridized carbons (Fsp3) is 0.0667. The molecular weight excluding hydrogens is 527 g/mol. The second kappa shape index (κ2) is 7.30. The Balaban J connectivity index is 1.78. The smallest absolute Gasteiger partial charge is 0.293 e. The number of nitro groups is 1. The summed E-state index contributed by atoms with van der Waals surface area (Å²) in [6, 6.07) is 7.44. The van der Waals surface area contributed by atoms with Crippen molar-refractivity contribution >= 4 is 73.2 Å². The molecule has 0 saturated carbocycles. The van der Waals surface area contributed by atoms with Crippen LogP contribution in [0, 0.1) is 13.9 Å². The molecule has 2 heterocycles. The number of nitro benzene ring substituents is 1. The average molecular weight is 535 g/mol. The quantitative estimate of drug-likeness (QED) is 0.242. The molecule has 0 radical (unpaired) electrons. The van der Waals surface area contributed by atoms with E-state index in [0.29, 0.717) is 15.1 Å². The fourth-order valence-electron chi connectivity index (χ4n) is 2.11. The summed E-state index contributed by atoms with van der Waals surface area (Å²) >= 11 is 6.16. The first-order valence-corrected chi connectivity index (χ1v) is 9.47. The lowest BCUT2D eigenvalue weighted by molar-refractivity contribution is -0.384. The van der Waals surface area contributed by atoms with Gasteiger partial charge in [0.15, 0.2) is 3.77 Å². The first-order valence-electron chi connectivity index (χ1n) is 6.78. The maximum atomic E-state index is 12.4. The number of carbonyl (C=O) groups is 2. The van der Waals surface area contributed by atoms with E-state index in [9.17, 15) is 19.7 Å². The summed E-state index contributed by atoms with van der Waals surface area (Å²) in [4.78, 5) is 36.1. The van der Waals surface area contributed by atoms with E-state index in [2.05, 4.69) is 15.9 Å². The minimum Gasteiger partial charge on any atom is -0.450 e. The molecule has 1 aliphatic rings. The van der Waals surface area contributed by atoms with E-state index in [1.165, 1.54) is 30.3 Å². The number of benzene rings is 1. The lowest BCUT2D eigenvalue weighted by atomic mass is 10.2. The summed E-state index contributed by atoms with van der Waals surface area (Å²) in [6.45, 7) is 0.0549. The molecule has 0 aliphatic carbocycles. The van der Waals surface area contributed by atoms with Gasteiger partial charge in [-0.3, -0.25) is 24.6 Å². The Morgan fingerprint density at radius 3 is 2.56 bits per heavy atom. The van der Waals surface area contributed by atoms with Gasteiger partial charge in [0, 0.05) is 40.8 Å². The van der Waals surface area contributed by atoms with Crippen LogP contribution in [0.5, 0.6) is 0 Å². The second-order valence-electron chi connectivity index (χ2n) is 4.96. The predicted octanol–water partition coefficient (Wildman–Crippen LogP) is 4.79. The predicted molar refractivity (Wildman–Crippen MR) is 104 cm³/mol. The molecule has 1 fully saturated rings. The molecule has 0 N–H and O–H groups in total. The van der Waals surface area contributed by atoms with Gasteiger partial charge in [0.25, 0.3) is 16.8 Å². The number of halogens is 2. The van der Waals surface area contributed by atoms with Crippen LogP contribution in [0.1, 0.15) is 11.3 Å². The van der Waals surface area contributed by atoms with Crippen LogP contribution in [0.2, 0.25) is 0 Å². The van der Waals surface area contributed by atoms with Crippen molar-refractivity contribution in [3.8, 4) is 0 Å². The van der Waals surface area contributed by atoms with Crippen LogP contribution < -0.4 is 0 Å². The molecule has 128 valence electrons. The summed E-state index contributed by atoms with van der Waals surface area (Å²) in [5, 5.41) is 10.3. The van der Waals surface area contributed by atoms with Gasteiger partial charge >= 0.3 is 0 Å². The monoisotopic (exact) mass is 534 g/mol. The number of non-ortho nitro benzene ring substituents is 1. The highest BCUT2D eigenvalue weighted by atomic mass is 127. The van der Waals surface area contributed by atoms with Crippen molar-refractivity contribution in [1.29, 1.82) is 0 Å². The van der Waals surface area contributed by atoms with Gasteiger partial charge in [-0.15, -0.1) is 0 Å². The topological polar surface area (TPSA) is 93.7 Å². The molecule has 2 aromatic rings. The molecule has 25 heavy (non-hydrogen) atoms. The highest BCUT2D eigenvalue weighted by Gasteiger charge is 2.35. The van der Waals surface area contributed by atoms with E-state index in [4.69, 9.17) is 4.42 Å². The minimum atomic E-state index is -0.504. The summed E-state index contributed by atoms with van der Waals surface area (Å²) in [5.74, 6) is 0.0491. The third-order valence-corrected chi connectivity index (χ3v) is 6.34. The number of carbonyl (C=O) groups excluding carboxylic acids is 2. The molecule has 7 nitrogen and oxygen atoms in total. The fourth-order valence-corrected chi connectivity index (χ4v) is 3.64. The number of nitrogens with zero attached hydrogens (tertiary/aromatic N) is 2. The molecule has 1 aromatic carbocycles.